The van der Waals surface area contributed by atoms with E-state index in [4.69, 9.17) is 5.73 Å². The molecule has 2 aromatic rings. The minimum Gasteiger partial charge on any atom is -0.393 e. The second kappa shape index (κ2) is 5.31. The molecule has 1 aliphatic carbocycles. The first-order valence-electron chi connectivity index (χ1n) is 6.61. The highest BCUT2D eigenvalue weighted by Gasteiger charge is 2.29. The molecule has 0 atom stereocenters. The van der Waals surface area contributed by atoms with E-state index >= 15 is 0 Å². The van der Waals surface area contributed by atoms with Gasteiger partial charge in [0.2, 0.25) is 0 Å². The quantitative estimate of drug-likeness (QED) is 0.907. The van der Waals surface area contributed by atoms with E-state index in [0.29, 0.717) is 11.7 Å². The van der Waals surface area contributed by atoms with Gasteiger partial charge in [-0.25, -0.2) is 4.98 Å². The average Bonchev–Trinajstić information content (AvgIpc) is 2.93. The third-order valence-electron chi connectivity index (χ3n) is 3.62. The summed E-state index contributed by atoms with van der Waals surface area (Å²) in [6.07, 6.45) is 1.68. The van der Waals surface area contributed by atoms with Crippen molar-refractivity contribution in [2.24, 2.45) is 5.92 Å². The number of nitrogens with two attached hydrogens (primary N) is 1. The molecule has 3 N–H and O–H groups in total. The van der Waals surface area contributed by atoms with Crippen LogP contribution in [0.3, 0.4) is 0 Å². The lowest BCUT2D eigenvalue weighted by Gasteiger charge is -2.34. The van der Waals surface area contributed by atoms with Crippen molar-refractivity contribution in [3.8, 4) is 10.6 Å². The molecule has 0 aromatic carbocycles. The van der Waals surface area contributed by atoms with Crippen LogP contribution in [0.1, 0.15) is 18.5 Å². The predicted octanol–water partition coefficient (Wildman–Crippen LogP) is 2.36. The molecule has 0 aliphatic heterocycles. The Morgan fingerprint density at radius 3 is 2.85 bits per heavy atom. The maximum Gasteiger partial charge on any atom is 0.149 e. The summed E-state index contributed by atoms with van der Waals surface area (Å²) in [7, 11) is 2.06. The first kappa shape index (κ1) is 13.8. The normalized spacial score (nSPS) is 21.8. The van der Waals surface area contributed by atoms with Crippen molar-refractivity contribution in [3.05, 3.63) is 11.1 Å². The minimum absolute atomic E-state index is 0.110. The van der Waals surface area contributed by atoms with Crippen LogP contribution in [0.15, 0.2) is 5.38 Å². The summed E-state index contributed by atoms with van der Waals surface area (Å²) in [6, 6.07) is 0. The Bertz CT molecular complexity index is 603. The van der Waals surface area contributed by atoms with Gasteiger partial charge >= 0.3 is 0 Å². The summed E-state index contributed by atoms with van der Waals surface area (Å²) in [5, 5.41) is 13.4. The highest BCUT2D eigenvalue weighted by atomic mass is 32.1. The SMILES string of the molecule is Cc1csc(-c2c(N)nsc2N(C)CC2CC(O)C2)n1. The molecule has 108 valence electrons. The molecule has 0 spiro atoms. The van der Waals surface area contributed by atoms with Crippen LogP contribution in [0.2, 0.25) is 0 Å². The number of aryl methyl sites for hydroxylation is 1. The molecule has 7 heteroatoms. The maximum absolute atomic E-state index is 9.38. The minimum atomic E-state index is -0.110. The Morgan fingerprint density at radius 1 is 1.50 bits per heavy atom. The van der Waals surface area contributed by atoms with Crippen LogP contribution < -0.4 is 10.6 Å². The van der Waals surface area contributed by atoms with Gasteiger partial charge in [0.15, 0.2) is 0 Å². The Balaban J connectivity index is 1.83. The molecule has 1 aliphatic rings. The molecule has 0 saturated heterocycles. The van der Waals surface area contributed by atoms with Gasteiger partial charge in [0.25, 0.3) is 0 Å². The molecule has 0 amide bonds. The van der Waals surface area contributed by atoms with Crippen molar-refractivity contribution in [1.82, 2.24) is 9.36 Å². The van der Waals surface area contributed by atoms with Crippen molar-refractivity contribution >= 4 is 33.7 Å². The van der Waals surface area contributed by atoms with Crippen molar-refractivity contribution in [2.45, 2.75) is 25.9 Å². The first-order valence-corrected chi connectivity index (χ1v) is 8.26. The summed E-state index contributed by atoms with van der Waals surface area (Å²) in [5.74, 6) is 1.11. The van der Waals surface area contributed by atoms with Crippen LogP contribution in [0.25, 0.3) is 10.6 Å². The van der Waals surface area contributed by atoms with E-state index in [2.05, 4.69) is 21.3 Å². The van der Waals surface area contributed by atoms with E-state index < -0.39 is 0 Å². The standard InChI is InChI=1S/C13H18N4OS2/c1-7-6-19-12(15-7)10-11(14)16-20-13(10)17(2)5-8-3-9(18)4-8/h6,8-9,18H,3-5H2,1-2H3,(H2,14,16). The molecule has 0 radical (unpaired) electrons. The second-order valence-corrected chi connectivity index (χ2v) is 7.02. The van der Waals surface area contributed by atoms with Crippen LogP contribution in [-0.4, -0.2) is 34.2 Å². The topological polar surface area (TPSA) is 75.3 Å². The van der Waals surface area contributed by atoms with Crippen molar-refractivity contribution in [3.63, 3.8) is 0 Å². The summed E-state index contributed by atoms with van der Waals surface area (Å²) >= 11 is 3.02. The number of nitrogens with zero attached hydrogens (tertiary/aromatic N) is 3. The number of aromatic nitrogens is 2. The summed E-state index contributed by atoms with van der Waals surface area (Å²) < 4.78 is 4.28. The van der Waals surface area contributed by atoms with Crippen molar-refractivity contribution in [1.29, 1.82) is 0 Å². The molecule has 1 fully saturated rings. The van der Waals surface area contributed by atoms with Crippen molar-refractivity contribution in [2.75, 3.05) is 24.2 Å². The van der Waals surface area contributed by atoms with Gasteiger partial charge in [0.05, 0.1) is 11.7 Å². The number of thiazole rings is 1. The highest BCUT2D eigenvalue weighted by Crippen LogP contribution is 2.41. The third kappa shape index (κ3) is 2.53. The number of rotatable bonds is 4. The number of anilines is 2. The van der Waals surface area contributed by atoms with Gasteiger partial charge in [-0.3, -0.25) is 0 Å². The smallest absolute Gasteiger partial charge is 0.149 e. The molecular formula is C13H18N4OS2. The van der Waals surface area contributed by atoms with E-state index in [1.165, 1.54) is 11.5 Å². The fourth-order valence-corrected chi connectivity index (χ4v) is 4.24. The zero-order chi connectivity index (χ0) is 14.3. The molecular weight excluding hydrogens is 292 g/mol. The first-order chi connectivity index (χ1) is 9.54. The van der Waals surface area contributed by atoms with E-state index in [1.54, 1.807) is 11.3 Å². The van der Waals surface area contributed by atoms with Crippen LogP contribution in [0.5, 0.6) is 0 Å². The molecule has 0 unspecified atom stereocenters. The second-order valence-electron chi connectivity index (χ2n) is 5.41. The summed E-state index contributed by atoms with van der Waals surface area (Å²) in [6.45, 7) is 2.91. The number of hydrogen-bond acceptors (Lipinski definition) is 7. The molecule has 5 nitrogen and oxygen atoms in total. The largest absolute Gasteiger partial charge is 0.393 e. The van der Waals surface area contributed by atoms with Gasteiger partial charge < -0.3 is 15.7 Å². The third-order valence-corrected chi connectivity index (χ3v) is 5.58. The number of aliphatic hydroxyl groups excluding tert-OH is 1. The Morgan fingerprint density at radius 2 is 2.25 bits per heavy atom. The fraction of sp³-hybridized carbons (Fsp3) is 0.538. The van der Waals surface area contributed by atoms with Gasteiger partial charge in [0, 0.05) is 24.7 Å². The molecule has 20 heavy (non-hydrogen) atoms. The van der Waals surface area contributed by atoms with Gasteiger partial charge in [-0.2, -0.15) is 4.37 Å². The Labute approximate surface area is 126 Å². The Hall–Kier alpha value is -1.18. The lowest BCUT2D eigenvalue weighted by molar-refractivity contribution is 0.0465. The summed E-state index contributed by atoms with van der Waals surface area (Å²) in [5.41, 5.74) is 7.98. The zero-order valence-corrected chi connectivity index (χ0v) is 13.2. The van der Waals surface area contributed by atoms with Gasteiger partial charge in [-0.15, -0.1) is 11.3 Å². The van der Waals surface area contributed by atoms with E-state index in [-0.39, 0.29) is 6.10 Å². The average molecular weight is 310 g/mol. The van der Waals surface area contributed by atoms with Gasteiger partial charge in [0.1, 0.15) is 15.8 Å². The molecule has 3 rings (SSSR count). The predicted molar refractivity (Wildman–Crippen MR) is 84.4 cm³/mol. The van der Waals surface area contributed by atoms with Crippen LogP contribution in [0.4, 0.5) is 10.8 Å². The van der Waals surface area contributed by atoms with Crippen LogP contribution in [-0.2, 0) is 0 Å². The van der Waals surface area contributed by atoms with Gasteiger partial charge in [-0.05, 0) is 37.2 Å². The zero-order valence-electron chi connectivity index (χ0n) is 11.5. The summed E-state index contributed by atoms with van der Waals surface area (Å²) in [4.78, 5) is 6.71. The maximum atomic E-state index is 9.38. The highest BCUT2D eigenvalue weighted by molar-refractivity contribution is 7.15. The monoisotopic (exact) mass is 310 g/mol. The fourth-order valence-electron chi connectivity index (χ4n) is 2.54. The van der Waals surface area contributed by atoms with Crippen LogP contribution in [0, 0.1) is 12.8 Å². The Kier molecular flexibility index (Phi) is 3.66. The number of aliphatic hydroxyl groups is 1. The van der Waals surface area contributed by atoms with E-state index in [9.17, 15) is 5.11 Å². The van der Waals surface area contributed by atoms with E-state index in [0.717, 1.165) is 40.7 Å². The molecule has 2 heterocycles. The van der Waals surface area contributed by atoms with Gasteiger partial charge in [-0.1, -0.05) is 0 Å². The van der Waals surface area contributed by atoms with Crippen molar-refractivity contribution < 1.29 is 5.11 Å². The molecule has 2 aromatic heterocycles. The molecule has 1 saturated carbocycles. The lowest BCUT2D eigenvalue weighted by atomic mass is 9.82. The molecule has 0 bridgehead atoms. The lowest BCUT2D eigenvalue weighted by Crippen LogP contribution is -2.37. The number of nitrogen functional groups attached to an aromatic ring is 1. The number of hydrogen-bond donors (Lipinski definition) is 2. The van der Waals surface area contributed by atoms with E-state index in [1.807, 2.05) is 12.3 Å². The van der Waals surface area contributed by atoms with Crippen LogP contribution >= 0.6 is 22.9 Å².